The number of carbonyl (C=O) groups excluding carboxylic acids is 1. The highest BCUT2D eigenvalue weighted by Crippen LogP contribution is 2.01. The molecule has 1 unspecified atom stereocenters. The number of nitrogens with two attached hydrogens (primary N) is 1. The summed E-state index contributed by atoms with van der Waals surface area (Å²) in [6.07, 6.45) is 0.651. The van der Waals surface area contributed by atoms with Gasteiger partial charge in [0.1, 0.15) is 6.04 Å². The zero-order valence-electron chi connectivity index (χ0n) is 9.62. The van der Waals surface area contributed by atoms with E-state index < -0.39 is 6.04 Å². The fourth-order valence-electron chi connectivity index (χ4n) is 1.36. The highest BCUT2D eigenvalue weighted by molar-refractivity contribution is 5.75. The van der Waals surface area contributed by atoms with Crippen molar-refractivity contribution < 1.29 is 9.53 Å². The van der Waals surface area contributed by atoms with Gasteiger partial charge in [0, 0.05) is 12.6 Å². The number of esters is 1. The maximum Gasteiger partial charge on any atom is 0.322 e. The van der Waals surface area contributed by atoms with Crippen LogP contribution in [0.1, 0.15) is 27.2 Å². The third kappa shape index (κ3) is 4.58. The summed E-state index contributed by atoms with van der Waals surface area (Å²) < 4.78 is 4.56. The van der Waals surface area contributed by atoms with Crippen LogP contribution >= 0.6 is 0 Å². The Morgan fingerprint density at radius 2 is 2.07 bits per heavy atom. The Balaban J connectivity index is 3.85. The van der Waals surface area contributed by atoms with Crippen molar-refractivity contribution in [2.75, 3.05) is 20.2 Å². The molecule has 0 aliphatic carbocycles. The van der Waals surface area contributed by atoms with Crippen molar-refractivity contribution >= 4 is 5.97 Å². The first-order valence-corrected chi connectivity index (χ1v) is 5.10. The number of ether oxygens (including phenoxy) is 1. The summed E-state index contributed by atoms with van der Waals surface area (Å²) in [5.41, 5.74) is 5.63. The molecule has 0 saturated carbocycles. The van der Waals surface area contributed by atoms with Gasteiger partial charge in [-0.3, -0.25) is 4.79 Å². The molecule has 0 bridgehead atoms. The third-order valence-corrected chi connectivity index (χ3v) is 2.37. The van der Waals surface area contributed by atoms with Gasteiger partial charge in [-0.05, 0) is 26.8 Å². The van der Waals surface area contributed by atoms with Gasteiger partial charge in [-0.2, -0.15) is 0 Å². The molecule has 4 heteroatoms. The highest BCUT2D eigenvalue weighted by atomic mass is 16.5. The summed E-state index contributed by atoms with van der Waals surface area (Å²) in [6.45, 7) is 8.18. The molecular weight excluding hydrogens is 180 g/mol. The Morgan fingerprint density at radius 3 is 2.43 bits per heavy atom. The second-order valence-corrected chi connectivity index (χ2v) is 3.64. The van der Waals surface area contributed by atoms with Crippen LogP contribution in [-0.2, 0) is 9.53 Å². The Kier molecular flexibility index (Phi) is 6.49. The van der Waals surface area contributed by atoms with E-state index in [1.807, 2.05) is 0 Å². The monoisotopic (exact) mass is 202 g/mol. The molecule has 0 heterocycles. The predicted octanol–water partition coefficient (Wildman–Crippen LogP) is 0.607. The Morgan fingerprint density at radius 1 is 1.50 bits per heavy atom. The fraction of sp³-hybridized carbons (Fsp3) is 0.900. The number of rotatable bonds is 6. The molecule has 0 aromatic heterocycles. The topological polar surface area (TPSA) is 55.6 Å². The zero-order valence-corrected chi connectivity index (χ0v) is 9.62. The molecular formula is C10H22N2O2. The molecule has 14 heavy (non-hydrogen) atoms. The molecule has 84 valence electrons. The van der Waals surface area contributed by atoms with E-state index in [1.54, 1.807) is 0 Å². The molecule has 4 nitrogen and oxygen atoms in total. The summed E-state index contributed by atoms with van der Waals surface area (Å²) in [4.78, 5) is 13.3. The summed E-state index contributed by atoms with van der Waals surface area (Å²) >= 11 is 0. The zero-order chi connectivity index (χ0) is 11.1. The first kappa shape index (κ1) is 13.4. The lowest BCUT2D eigenvalue weighted by Gasteiger charge is -2.25. The van der Waals surface area contributed by atoms with E-state index >= 15 is 0 Å². The molecule has 0 aliphatic rings. The summed E-state index contributed by atoms with van der Waals surface area (Å²) in [6, 6.07) is -0.00218. The van der Waals surface area contributed by atoms with Crippen LogP contribution in [0.4, 0.5) is 0 Å². The molecule has 0 fully saturated rings. The largest absolute Gasteiger partial charge is 0.468 e. The molecule has 0 amide bonds. The lowest BCUT2D eigenvalue weighted by Crippen LogP contribution is -2.38. The van der Waals surface area contributed by atoms with Crippen molar-refractivity contribution in [1.29, 1.82) is 0 Å². The first-order valence-electron chi connectivity index (χ1n) is 5.10. The lowest BCUT2D eigenvalue weighted by molar-refractivity contribution is -0.142. The Bertz CT molecular complexity index is 172. The number of carbonyl (C=O) groups is 1. The average Bonchev–Trinajstić information content (AvgIpc) is 2.16. The minimum absolute atomic E-state index is 0.329. The predicted molar refractivity (Wildman–Crippen MR) is 57.0 cm³/mol. The van der Waals surface area contributed by atoms with E-state index in [0.717, 1.165) is 13.1 Å². The maximum absolute atomic E-state index is 11.0. The van der Waals surface area contributed by atoms with Gasteiger partial charge in [0.2, 0.25) is 0 Å². The van der Waals surface area contributed by atoms with Crippen LogP contribution in [0.5, 0.6) is 0 Å². The molecule has 0 saturated heterocycles. The van der Waals surface area contributed by atoms with Gasteiger partial charge in [0.15, 0.2) is 0 Å². The number of hydrogen-bond donors (Lipinski definition) is 1. The minimum Gasteiger partial charge on any atom is -0.468 e. The van der Waals surface area contributed by atoms with Crippen LogP contribution in [0.25, 0.3) is 0 Å². The van der Waals surface area contributed by atoms with Gasteiger partial charge in [-0.15, -0.1) is 0 Å². The molecule has 1 atom stereocenters. The van der Waals surface area contributed by atoms with Gasteiger partial charge in [-0.1, -0.05) is 6.92 Å². The second-order valence-electron chi connectivity index (χ2n) is 3.64. The maximum atomic E-state index is 11.0. The van der Waals surface area contributed by atoms with Crippen molar-refractivity contribution in [3.63, 3.8) is 0 Å². The smallest absolute Gasteiger partial charge is 0.322 e. The third-order valence-electron chi connectivity index (χ3n) is 2.37. The van der Waals surface area contributed by atoms with Gasteiger partial charge < -0.3 is 15.4 Å². The normalized spacial score (nSPS) is 13.4. The summed E-state index contributed by atoms with van der Waals surface area (Å²) in [5.74, 6) is -0.329. The van der Waals surface area contributed by atoms with Crippen LogP contribution in [0.15, 0.2) is 0 Å². The molecule has 0 spiro atoms. The van der Waals surface area contributed by atoms with Crippen molar-refractivity contribution in [1.82, 2.24) is 4.90 Å². The van der Waals surface area contributed by atoms with Gasteiger partial charge in [0.25, 0.3) is 0 Å². The van der Waals surface area contributed by atoms with Crippen LogP contribution < -0.4 is 5.73 Å². The molecule has 2 N–H and O–H groups in total. The molecule has 0 aromatic carbocycles. The first-order chi connectivity index (χ1) is 6.52. The summed E-state index contributed by atoms with van der Waals surface area (Å²) in [5, 5.41) is 0. The van der Waals surface area contributed by atoms with Crippen molar-refractivity contribution in [2.24, 2.45) is 5.73 Å². The van der Waals surface area contributed by atoms with Gasteiger partial charge in [0.05, 0.1) is 7.11 Å². The molecule has 0 aromatic rings. The van der Waals surface area contributed by atoms with E-state index in [2.05, 4.69) is 30.4 Å². The fourth-order valence-corrected chi connectivity index (χ4v) is 1.36. The van der Waals surface area contributed by atoms with E-state index in [-0.39, 0.29) is 5.97 Å². The average molecular weight is 202 g/mol. The van der Waals surface area contributed by atoms with Gasteiger partial charge in [-0.25, -0.2) is 0 Å². The standard InChI is InChI=1S/C10H22N2O2/c1-5-12(8(2)3)7-6-9(11)10(13)14-4/h8-9H,5-7,11H2,1-4H3. The lowest BCUT2D eigenvalue weighted by atomic mass is 10.2. The van der Waals surface area contributed by atoms with E-state index in [0.29, 0.717) is 12.5 Å². The van der Waals surface area contributed by atoms with Crippen molar-refractivity contribution in [3.8, 4) is 0 Å². The van der Waals surface area contributed by atoms with Crippen LogP contribution in [-0.4, -0.2) is 43.2 Å². The van der Waals surface area contributed by atoms with Gasteiger partial charge >= 0.3 is 5.97 Å². The van der Waals surface area contributed by atoms with Crippen molar-refractivity contribution in [3.05, 3.63) is 0 Å². The van der Waals surface area contributed by atoms with Crippen molar-refractivity contribution in [2.45, 2.75) is 39.3 Å². The van der Waals surface area contributed by atoms with Crippen LogP contribution in [0.2, 0.25) is 0 Å². The highest BCUT2D eigenvalue weighted by Gasteiger charge is 2.15. The molecule has 0 radical (unpaired) electrons. The van der Waals surface area contributed by atoms with E-state index in [1.165, 1.54) is 7.11 Å². The molecule has 0 rings (SSSR count). The number of hydrogen-bond acceptors (Lipinski definition) is 4. The quantitative estimate of drug-likeness (QED) is 0.641. The SMILES string of the molecule is CCN(CCC(N)C(=O)OC)C(C)C. The number of nitrogens with zero attached hydrogens (tertiary/aromatic N) is 1. The Hall–Kier alpha value is -0.610. The Labute approximate surface area is 86.4 Å². The van der Waals surface area contributed by atoms with Crippen LogP contribution in [0.3, 0.4) is 0 Å². The number of methoxy groups -OCH3 is 1. The van der Waals surface area contributed by atoms with E-state index in [9.17, 15) is 4.79 Å². The van der Waals surface area contributed by atoms with Crippen LogP contribution in [0, 0.1) is 0 Å². The van der Waals surface area contributed by atoms with E-state index in [4.69, 9.17) is 5.73 Å². The summed E-state index contributed by atoms with van der Waals surface area (Å²) in [7, 11) is 1.36. The second kappa shape index (κ2) is 6.79. The minimum atomic E-state index is -0.493. The molecule has 0 aliphatic heterocycles.